The van der Waals surface area contributed by atoms with Gasteiger partial charge >= 0.3 is 0 Å². The maximum absolute atomic E-state index is 6.05. The average molecular weight is 303 g/mol. The van der Waals surface area contributed by atoms with E-state index in [4.69, 9.17) is 4.74 Å². The van der Waals surface area contributed by atoms with Crippen LogP contribution >= 0.6 is 15.9 Å². The van der Waals surface area contributed by atoms with Crippen molar-refractivity contribution < 1.29 is 4.74 Å². The lowest BCUT2D eigenvalue weighted by atomic mass is 9.85. The topological polar surface area (TPSA) is 9.23 Å². The fourth-order valence-corrected chi connectivity index (χ4v) is 4.28. The van der Waals surface area contributed by atoms with Crippen LogP contribution in [-0.4, -0.2) is 17.5 Å². The number of alkyl halides is 1. The van der Waals surface area contributed by atoms with Crippen molar-refractivity contribution in [1.82, 2.24) is 0 Å². The molecule has 2 fully saturated rings. The normalized spacial score (nSPS) is 34.4. The smallest absolute Gasteiger partial charge is 0.0728 e. The highest BCUT2D eigenvalue weighted by molar-refractivity contribution is 9.09. The van der Waals surface area contributed by atoms with E-state index in [2.05, 4.69) is 15.9 Å². The summed E-state index contributed by atoms with van der Waals surface area (Å²) in [6, 6.07) is 0. The van der Waals surface area contributed by atoms with Crippen LogP contribution in [0, 0.1) is 5.92 Å². The Morgan fingerprint density at radius 2 is 1.29 bits per heavy atom. The Morgan fingerprint density at radius 1 is 0.706 bits per heavy atom. The Kier molecular flexibility index (Phi) is 6.35. The summed E-state index contributed by atoms with van der Waals surface area (Å²) in [5.74, 6) is 0.817. The van der Waals surface area contributed by atoms with Crippen molar-refractivity contribution in [1.29, 1.82) is 0 Å². The van der Waals surface area contributed by atoms with Gasteiger partial charge in [-0.05, 0) is 31.6 Å². The molecule has 2 aliphatic rings. The second kappa shape index (κ2) is 7.78. The lowest BCUT2D eigenvalue weighted by Gasteiger charge is -2.35. The van der Waals surface area contributed by atoms with Crippen LogP contribution in [0.25, 0.3) is 0 Å². The molecular weight excluding hydrogens is 276 g/mol. The molecule has 1 saturated heterocycles. The highest BCUT2D eigenvalue weighted by Gasteiger charge is 2.30. The highest BCUT2D eigenvalue weighted by atomic mass is 79.9. The molecule has 2 heteroatoms. The molecule has 0 amide bonds. The van der Waals surface area contributed by atoms with Crippen LogP contribution in [0.4, 0.5) is 0 Å². The van der Waals surface area contributed by atoms with Gasteiger partial charge in [0.15, 0.2) is 0 Å². The van der Waals surface area contributed by atoms with E-state index in [1.165, 1.54) is 70.6 Å². The quantitative estimate of drug-likeness (QED) is 0.615. The molecule has 0 radical (unpaired) electrons. The third kappa shape index (κ3) is 4.55. The minimum atomic E-state index is 0.503. The van der Waals surface area contributed by atoms with Gasteiger partial charge in [0.1, 0.15) is 0 Å². The van der Waals surface area contributed by atoms with Gasteiger partial charge in [-0.15, -0.1) is 0 Å². The Labute approximate surface area is 115 Å². The van der Waals surface area contributed by atoms with E-state index < -0.39 is 0 Å². The second-order valence-corrected chi connectivity index (χ2v) is 6.98. The summed E-state index contributed by atoms with van der Waals surface area (Å²) >= 11 is 3.85. The maximum Gasteiger partial charge on any atom is 0.0728 e. The van der Waals surface area contributed by atoms with Gasteiger partial charge < -0.3 is 4.74 Å². The zero-order valence-corrected chi connectivity index (χ0v) is 12.6. The van der Waals surface area contributed by atoms with Crippen LogP contribution in [0.3, 0.4) is 0 Å². The minimum absolute atomic E-state index is 0.503. The van der Waals surface area contributed by atoms with Crippen LogP contribution in [0.5, 0.6) is 0 Å². The van der Waals surface area contributed by atoms with E-state index in [1.54, 1.807) is 0 Å². The van der Waals surface area contributed by atoms with Crippen molar-refractivity contribution in [3.05, 3.63) is 0 Å². The molecule has 0 aromatic carbocycles. The van der Waals surface area contributed by atoms with Crippen LogP contribution in [-0.2, 0) is 4.74 Å². The number of ether oxygens (including phenoxy) is 1. The minimum Gasteiger partial charge on any atom is -0.377 e. The average Bonchev–Trinajstić information content (AvgIpc) is 2.37. The molecule has 17 heavy (non-hydrogen) atoms. The monoisotopic (exact) mass is 302 g/mol. The number of rotatable bonds is 1. The van der Waals surface area contributed by atoms with E-state index in [9.17, 15) is 0 Å². The first kappa shape index (κ1) is 13.9. The molecular formula is C15H27BrO. The van der Waals surface area contributed by atoms with Crippen molar-refractivity contribution in [2.24, 2.45) is 5.92 Å². The summed E-state index contributed by atoms with van der Waals surface area (Å²) in [4.78, 5) is 0.615. The SMILES string of the molecule is BrC1CCCOC1C1CCCCCCCCC1. The van der Waals surface area contributed by atoms with Crippen molar-refractivity contribution in [3.8, 4) is 0 Å². The van der Waals surface area contributed by atoms with Gasteiger partial charge in [0.2, 0.25) is 0 Å². The third-order valence-corrected chi connectivity index (χ3v) is 5.38. The van der Waals surface area contributed by atoms with Gasteiger partial charge in [-0.1, -0.05) is 60.9 Å². The summed E-state index contributed by atoms with van der Waals surface area (Å²) in [5, 5.41) is 0. The molecule has 1 aliphatic carbocycles. The molecule has 0 aromatic rings. The molecule has 1 nitrogen and oxygen atoms in total. The summed E-state index contributed by atoms with van der Waals surface area (Å²) in [6.45, 7) is 0.989. The first-order valence-corrected chi connectivity index (χ1v) is 8.55. The molecule has 1 aliphatic heterocycles. The molecule has 2 atom stereocenters. The predicted molar refractivity (Wildman–Crippen MR) is 76.7 cm³/mol. The van der Waals surface area contributed by atoms with Crippen LogP contribution < -0.4 is 0 Å². The maximum atomic E-state index is 6.05. The Morgan fingerprint density at radius 3 is 1.88 bits per heavy atom. The predicted octanol–water partition coefficient (Wildman–Crippen LogP) is 5.07. The van der Waals surface area contributed by atoms with Crippen molar-refractivity contribution in [2.75, 3.05) is 6.61 Å². The van der Waals surface area contributed by atoms with E-state index in [-0.39, 0.29) is 0 Å². The van der Waals surface area contributed by atoms with E-state index in [0.717, 1.165) is 12.5 Å². The molecule has 0 bridgehead atoms. The molecule has 0 spiro atoms. The van der Waals surface area contributed by atoms with Crippen molar-refractivity contribution >= 4 is 15.9 Å². The molecule has 0 N–H and O–H groups in total. The van der Waals surface area contributed by atoms with Gasteiger partial charge in [-0.25, -0.2) is 0 Å². The summed E-state index contributed by atoms with van der Waals surface area (Å²) < 4.78 is 6.05. The fraction of sp³-hybridized carbons (Fsp3) is 1.00. The van der Waals surface area contributed by atoms with E-state index in [1.807, 2.05) is 0 Å². The standard InChI is InChI=1S/C15H27BrO/c16-14-11-8-12-17-15(14)13-9-6-4-2-1-3-5-7-10-13/h13-15H,1-12H2. The largest absolute Gasteiger partial charge is 0.377 e. The molecule has 100 valence electrons. The molecule has 2 rings (SSSR count). The summed E-state index contributed by atoms with van der Waals surface area (Å²) in [5.41, 5.74) is 0. The first-order chi connectivity index (χ1) is 8.38. The van der Waals surface area contributed by atoms with E-state index >= 15 is 0 Å². The van der Waals surface area contributed by atoms with Gasteiger partial charge in [0.25, 0.3) is 0 Å². The Bertz CT molecular complexity index is 197. The van der Waals surface area contributed by atoms with Gasteiger partial charge in [-0.3, -0.25) is 0 Å². The number of halogens is 1. The van der Waals surface area contributed by atoms with Crippen molar-refractivity contribution in [2.45, 2.75) is 81.6 Å². The third-order valence-electron chi connectivity index (χ3n) is 4.41. The van der Waals surface area contributed by atoms with Gasteiger partial charge in [0.05, 0.1) is 6.10 Å². The summed E-state index contributed by atoms with van der Waals surface area (Å²) in [6.07, 6.45) is 15.9. The number of hydrogen-bond donors (Lipinski definition) is 0. The van der Waals surface area contributed by atoms with Gasteiger partial charge in [0, 0.05) is 11.4 Å². The lowest BCUT2D eigenvalue weighted by molar-refractivity contribution is -0.0205. The van der Waals surface area contributed by atoms with E-state index in [0.29, 0.717) is 10.9 Å². The molecule has 1 saturated carbocycles. The number of hydrogen-bond acceptors (Lipinski definition) is 1. The molecule has 2 unspecified atom stereocenters. The lowest BCUT2D eigenvalue weighted by Crippen LogP contribution is -2.36. The summed E-state index contributed by atoms with van der Waals surface area (Å²) in [7, 11) is 0. The second-order valence-electron chi connectivity index (χ2n) is 5.81. The highest BCUT2D eigenvalue weighted by Crippen LogP contribution is 2.33. The Balaban J connectivity index is 1.85. The molecule has 0 aromatic heterocycles. The van der Waals surface area contributed by atoms with Gasteiger partial charge in [-0.2, -0.15) is 0 Å². The first-order valence-electron chi connectivity index (χ1n) is 7.63. The zero-order chi connectivity index (χ0) is 11.9. The van der Waals surface area contributed by atoms with Crippen LogP contribution in [0.2, 0.25) is 0 Å². The Hall–Kier alpha value is 0.440. The zero-order valence-electron chi connectivity index (χ0n) is 11.0. The van der Waals surface area contributed by atoms with Crippen molar-refractivity contribution in [3.63, 3.8) is 0 Å². The van der Waals surface area contributed by atoms with Crippen LogP contribution in [0.15, 0.2) is 0 Å². The fourth-order valence-electron chi connectivity index (χ4n) is 3.37. The molecule has 1 heterocycles. The van der Waals surface area contributed by atoms with Crippen LogP contribution in [0.1, 0.15) is 70.6 Å².